The summed E-state index contributed by atoms with van der Waals surface area (Å²) in [7, 11) is 0. The molecule has 0 fully saturated rings. The van der Waals surface area contributed by atoms with Crippen LogP contribution in [0.25, 0.3) is 0 Å². The van der Waals surface area contributed by atoms with Crippen molar-refractivity contribution in [2.24, 2.45) is 5.92 Å². The van der Waals surface area contributed by atoms with Crippen molar-refractivity contribution < 1.29 is 19.1 Å². The van der Waals surface area contributed by atoms with E-state index in [0.29, 0.717) is 17.7 Å². The molecule has 1 rings (SSSR count). The van der Waals surface area contributed by atoms with Crippen LogP contribution in [0, 0.1) is 18.7 Å². The third-order valence-corrected chi connectivity index (χ3v) is 3.18. The number of aryl methyl sites for hydroxylation is 1. The quantitative estimate of drug-likeness (QED) is 0.722. The lowest BCUT2D eigenvalue weighted by Gasteiger charge is -2.21. The van der Waals surface area contributed by atoms with Crippen LogP contribution in [0.15, 0.2) is 18.2 Å². The molecular formula is C15H21FN2O3. The van der Waals surface area contributed by atoms with Crippen molar-refractivity contribution in [3.63, 3.8) is 0 Å². The monoisotopic (exact) mass is 296 g/mol. The van der Waals surface area contributed by atoms with Crippen LogP contribution in [0.2, 0.25) is 0 Å². The maximum Gasteiger partial charge on any atom is 0.313 e. The summed E-state index contributed by atoms with van der Waals surface area (Å²) in [6.07, 6.45) is 0.381. The fourth-order valence-electron chi connectivity index (χ4n) is 1.86. The normalized spacial score (nSPS) is 12.1. The maximum atomic E-state index is 13.1. The molecule has 6 heteroatoms. The van der Waals surface area contributed by atoms with Crippen molar-refractivity contribution in [1.82, 2.24) is 5.32 Å². The Hall–Kier alpha value is -1.95. The number of halogens is 1. The zero-order valence-electron chi connectivity index (χ0n) is 12.4. The molecule has 5 nitrogen and oxygen atoms in total. The minimum absolute atomic E-state index is 0.0676. The van der Waals surface area contributed by atoms with Gasteiger partial charge in [-0.25, -0.2) is 4.39 Å². The van der Waals surface area contributed by atoms with Crippen molar-refractivity contribution >= 4 is 17.5 Å². The molecule has 2 amide bonds. The summed E-state index contributed by atoms with van der Waals surface area (Å²) in [6, 6.07) is 3.80. The van der Waals surface area contributed by atoms with Crippen LogP contribution in [0.3, 0.4) is 0 Å². The van der Waals surface area contributed by atoms with Crippen LogP contribution >= 0.6 is 0 Å². The van der Waals surface area contributed by atoms with Crippen LogP contribution in [0.1, 0.15) is 25.8 Å². The predicted octanol–water partition coefficient (Wildman–Crippen LogP) is 1.60. The van der Waals surface area contributed by atoms with Gasteiger partial charge in [0, 0.05) is 18.3 Å². The van der Waals surface area contributed by atoms with E-state index in [1.807, 2.05) is 13.8 Å². The number of aliphatic hydroxyl groups excluding tert-OH is 1. The zero-order chi connectivity index (χ0) is 16.0. The van der Waals surface area contributed by atoms with Crippen molar-refractivity contribution in [2.75, 3.05) is 11.9 Å². The number of rotatable bonds is 5. The van der Waals surface area contributed by atoms with Crippen molar-refractivity contribution in [2.45, 2.75) is 33.2 Å². The zero-order valence-corrected chi connectivity index (χ0v) is 12.4. The third kappa shape index (κ3) is 5.15. The van der Waals surface area contributed by atoms with E-state index in [4.69, 9.17) is 5.11 Å². The van der Waals surface area contributed by atoms with E-state index in [9.17, 15) is 14.0 Å². The number of carbonyl (C=O) groups is 2. The van der Waals surface area contributed by atoms with Crippen LogP contribution in [-0.4, -0.2) is 29.6 Å². The van der Waals surface area contributed by atoms with E-state index in [-0.39, 0.29) is 24.4 Å². The largest absolute Gasteiger partial charge is 0.396 e. The van der Waals surface area contributed by atoms with Gasteiger partial charge in [0.05, 0.1) is 0 Å². The molecule has 1 aromatic rings. The maximum absolute atomic E-state index is 13.1. The van der Waals surface area contributed by atoms with Gasteiger partial charge < -0.3 is 15.7 Å². The van der Waals surface area contributed by atoms with E-state index in [1.165, 1.54) is 18.2 Å². The Morgan fingerprint density at radius 3 is 2.48 bits per heavy atom. The molecule has 0 aliphatic carbocycles. The molecule has 0 heterocycles. The molecule has 0 aliphatic rings. The summed E-state index contributed by atoms with van der Waals surface area (Å²) < 4.78 is 13.1. The molecule has 116 valence electrons. The molecule has 1 aromatic carbocycles. The van der Waals surface area contributed by atoms with Crippen LogP contribution in [0.4, 0.5) is 10.1 Å². The van der Waals surface area contributed by atoms with Crippen molar-refractivity contribution in [3.05, 3.63) is 29.6 Å². The Balaban J connectivity index is 2.65. The molecule has 3 N–H and O–H groups in total. The molecule has 0 spiro atoms. The molecule has 21 heavy (non-hydrogen) atoms. The number of nitrogens with one attached hydrogen (secondary N) is 2. The van der Waals surface area contributed by atoms with E-state index >= 15 is 0 Å². The Morgan fingerprint density at radius 2 is 1.95 bits per heavy atom. The van der Waals surface area contributed by atoms with Crippen LogP contribution in [-0.2, 0) is 9.59 Å². The van der Waals surface area contributed by atoms with Gasteiger partial charge in [0.2, 0.25) is 0 Å². The van der Waals surface area contributed by atoms with Gasteiger partial charge in [-0.3, -0.25) is 9.59 Å². The van der Waals surface area contributed by atoms with Gasteiger partial charge >= 0.3 is 11.8 Å². The van der Waals surface area contributed by atoms with Crippen LogP contribution in [0.5, 0.6) is 0 Å². The van der Waals surface area contributed by atoms with Crippen LogP contribution < -0.4 is 10.6 Å². The highest BCUT2D eigenvalue weighted by Gasteiger charge is 2.20. The first kappa shape index (κ1) is 17.1. The fraction of sp³-hybridized carbons (Fsp3) is 0.467. The van der Waals surface area contributed by atoms with E-state index in [0.717, 1.165) is 0 Å². The summed E-state index contributed by atoms with van der Waals surface area (Å²) in [5.41, 5.74) is 0.742. The Labute approximate surface area is 123 Å². The second-order valence-corrected chi connectivity index (χ2v) is 5.25. The second-order valence-electron chi connectivity index (χ2n) is 5.25. The number of aliphatic hydroxyl groups is 1. The first-order valence-corrected chi connectivity index (χ1v) is 6.84. The van der Waals surface area contributed by atoms with E-state index in [1.54, 1.807) is 6.92 Å². The van der Waals surface area contributed by atoms with Gasteiger partial charge in [-0.2, -0.15) is 0 Å². The van der Waals surface area contributed by atoms with E-state index < -0.39 is 11.8 Å². The highest BCUT2D eigenvalue weighted by molar-refractivity contribution is 6.39. The molecule has 1 atom stereocenters. The predicted molar refractivity (Wildman–Crippen MR) is 78.2 cm³/mol. The first-order chi connectivity index (χ1) is 9.85. The standard InChI is InChI=1S/C15H21FN2O3/c1-9(2)13(6-7-19)18-15(21)14(20)17-11-4-5-12(16)10(3)8-11/h4-5,8-9,13,19H,6-7H2,1-3H3,(H,17,20)(H,18,21). The Morgan fingerprint density at radius 1 is 1.29 bits per heavy atom. The lowest BCUT2D eigenvalue weighted by molar-refractivity contribution is -0.136. The first-order valence-electron chi connectivity index (χ1n) is 6.84. The SMILES string of the molecule is Cc1cc(NC(=O)C(=O)NC(CCO)C(C)C)ccc1F. The molecule has 0 aliphatic heterocycles. The highest BCUT2D eigenvalue weighted by Crippen LogP contribution is 2.13. The number of hydrogen-bond donors (Lipinski definition) is 3. The number of hydrogen-bond acceptors (Lipinski definition) is 3. The lowest BCUT2D eigenvalue weighted by atomic mass is 10.0. The van der Waals surface area contributed by atoms with E-state index in [2.05, 4.69) is 10.6 Å². The molecular weight excluding hydrogens is 275 g/mol. The third-order valence-electron chi connectivity index (χ3n) is 3.18. The topological polar surface area (TPSA) is 78.4 Å². The van der Waals surface area contributed by atoms with Gasteiger partial charge in [-0.05, 0) is 43.0 Å². The average Bonchev–Trinajstić information content (AvgIpc) is 2.42. The number of amides is 2. The number of benzene rings is 1. The Kier molecular flexibility index (Phi) is 6.30. The van der Waals surface area contributed by atoms with Gasteiger partial charge in [0.1, 0.15) is 5.82 Å². The summed E-state index contributed by atoms with van der Waals surface area (Å²) in [5, 5.41) is 13.9. The van der Waals surface area contributed by atoms with Gasteiger partial charge in [0.25, 0.3) is 0 Å². The summed E-state index contributed by atoms with van der Waals surface area (Å²) in [6.45, 7) is 5.28. The summed E-state index contributed by atoms with van der Waals surface area (Å²) >= 11 is 0. The van der Waals surface area contributed by atoms with Crippen molar-refractivity contribution in [3.8, 4) is 0 Å². The van der Waals surface area contributed by atoms with Gasteiger partial charge in [-0.15, -0.1) is 0 Å². The smallest absolute Gasteiger partial charge is 0.313 e. The average molecular weight is 296 g/mol. The lowest BCUT2D eigenvalue weighted by Crippen LogP contribution is -2.44. The van der Waals surface area contributed by atoms with Gasteiger partial charge in [-0.1, -0.05) is 13.8 Å². The fourth-order valence-corrected chi connectivity index (χ4v) is 1.86. The number of anilines is 1. The Bertz CT molecular complexity index is 518. The van der Waals surface area contributed by atoms with Crippen molar-refractivity contribution in [1.29, 1.82) is 0 Å². The van der Waals surface area contributed by atoms with Gasteiger partial charge in [0.15, 0.2) is 0 Å². The molecule has 1 unspecified atom stereocenters. The highest BCUT2D eigenvalue weighted by atomic mass is 19.1. The number of carbonyl (C=O) groups excluding carboxylic acids is 2. The second kappa shape index (κ2) is 7.73. The molecule has 0 bridgehead atoms. The molecule has 0 radical (unpaired) electrons. The molecule has 0 saturated carbocycles. The summed E-state index contributed by atoms with van der Waals surface area (Å²) in [4.78, 5) is 23.6. The minimum Gasteiger partial charge on any atom is -0.396 e. The molecule has 0 aromatic heterocycles. The minimum atomic E-state index is -0.815. The summed E-state index contributed by atoms with van der Waals surface area (Å²) in [5.74, 6) is -1.86. The molecule has 0 saturated heterocycles.